The Labute approximate surface area is 118 Å². The summed E-state index contributed by atoms with van der Waals surface area (Å²) in [7, 11) is 0. The van der Waals surface area contributed by atoms with E-state index in [1.807, 2.05) is 0 Å². The van der Waals surface area contributed by atoms with Crippen LogP contribution in [0.5, 0.6) is 5.75 Å². The molecular formula is C13H19ClN2O3. The summed E-state index contributed by atoms with van der Waals surface area (Å²) in [5.74, 6) is 1.14. The van der Waals surface area contributed by atoms with E-state index in [2.05, 4.69) is 5.32 Å². The maximum Gasteiger partial charge on any atom is 0.275 e. The van der Waals surface area contributed by atoms with E-state index < -0.39 is 0 Å². The largest absolute Gasteiger partial charge is 0.493 e. The molecule has 1 N–H and O–H groups in total. The standard InChI is InChI=1S/C13H18N2O3.ClH/c1-10-2-3-12(8-13(10)15(16)17)18-9-11-4-6-14-7-5-11;/h2-3,8,11,14H,4-7,9H2,1H3;1H. The van der Waals surface area contributed by atoms with E-state index in [4.69, 9.17) is 4.74 Å². The number of hydrogen-bond acceptors (Lipinski definition) is 4. The molecule has 0 aromatic heterocycles. The monoisotopic (exact) mass is 286 g/mol. The highest BCUT2D eigenvalue weighted by atomic mass is 35.5. The van der Waals surface area contributed by atoms with Crippen LogP contribution in [0.3, 0.4) is 0 Å². The van der Waals surface area contributed by atoms with Gasteiger partial charge in [0.05, 0.1) is 17.6 Å². The lowest BCUT2D eigenvalue weighted by molar-refractivity contribution is -0.385. The van der Waals surface area contributed by atoms with Gasteiger partial charge in [-0.25, -0.2) is 0 Å². The smallest absolute Gasteiger partial charge is 0.275 e. The number of nitrogens with zero attached hydrogens (tertiary/aromatic N) is 1. The van der Waals surface area contributed by atoms with Crippen molar-refractivity contribution in [2.45, 2.75) is 19.8 Å². The summed E-state index contributed by atoms with van der Waals surface area (Å²) in [4.78, 5) is 10.5. The second kappa shape index (κ2) is 7.31. The average Bonchev–Trinajstić information content (AvgIpc) is 2.38. The molecule has 19 heavy (non-hydrogen) atoms. The Morgan fingerprint density at radius 3 is 2.74 bits per heavy atom. The van der Waals surface area contributed by atoms with Crippen molar-refractivity contribution in [2.75, 3.05) is 19.7 Å². The topological polar surface area (TPSA) is 64.4 Å². The molecule has 1 saturated heterocycles. The zero-order valence-electron chi connectivity index (χ0n) is 10.9. The molecular weight excluding hydrogens is 268 g/mol. The molecule has 2 rings (SSSR count). The summed E-state index contributed by atoms with van der Waals surface area (Å²) >= 11 is 0. The van der Waals surface area contributed by atoms with Gasteiger partial charge in [-0.1, -0.05) is 0 Å². The fraction of sp³-hybridized carbons (Fsp3) is 0.538. The van der Waals surface area contributed by atoms with Gasteiger partial charge in [-0.2, -0.15) is 0 Å². The quantitative estimate of drug-likeness (QED) is 0.683. The maximum atomic E-state index is 10.8. The van der Waals surface area contributed by atoms with Gasteiger partial charge in [0, 0.05) is 5.56 Å². The molecule has 0 bridgehead atoms. The Balaban J connectivity index is 0.00000180. The van der Waals surface area contributed by atoms with Crippen LogP contribution < -0.4 is 10.1 Å². The lowest BCUT2D eigenvalue weighted by atomic mass is 9.99. The first-order valence-electron chi connectivity index (χ1n) is 6.25. The molecule has 0 saturated carbocycles. The van der Waals surface area contributed by atoms with Gasteiger partial charge in [0.25, 0.3) is 5.69 Å². The van der Waals surface area contributed by atoms with Gasteiger partial charge in [-0.15, -0.1) is 12.4 Å². The Kier molecular flexibility index (Phi) is 6.05. The number of aryl methyl sites for hydroxylation is 1. The van der Waals surface area contributed by atoms with Crippen molar-refractivity contribution < 1.29 is 9.66 Å². The van der Waals surface area contributed by atoms with Gasteiger partial charge in [0.2, 0.25) is 0 Å². The predicted octanol–water partition coefficient (Wildman–Crippen LogP) is 2.70. The number of rotatable bonds is 4. The molecule has 0 unspecified atom stereocenters. The summed E-state index contributed by atoms with van der Waals surface area (Å²) in [6, 6.07) is 5.04. The molecule has 1 aliphatic heterocycles. The number of nitro benzene ring substituents is 1. The number of halogens is 1. The van der Waals surface area contributed by atoms with Crippen LogP contribution in [-0.2, 0) is 0 Å². The molecule has 1 heterocycles. The van der Waals surface area contributed by atoms with Gasteiger partial charge < -0.3 is 10.1 Å². The molecule has 1 fully saturated rings. The zero-order valence-corrected chi connectivity index (χ0v) is 11.7. The molecule has 6 heteroatoms. The summed E-state index contributed by atoms with van der Waals surface area (Å²) < 4.78 is 5.66. The minimum Gasteiger partial charge on any atom is -0.493 e. The van der Waals surface area contributed by atoms with E-state index in [1.165, 1.54) is 6.07 Å². The van der Waals surface area contributed by atoms with E-state index in [0.29, 0.717) is 23.8 Å². The lowest BCUT2D eigenvalue weighted by Gasteiger charge is -2.22. The normalized spacial score (nSPS) is 15.6. The second-order valence-corrected chi connectivity index (χ2v) is 4.71. The first kappa shape index (κ1) is 15.7. The third-order valence-electron chi connectivity index (χ3n) is 3.32. The van der Waals surface area contributed by atoms with Crippen LogP contribution in [0.2, 0.25) is 0 Å². The first-order valence-corrected chi connectivity index (χ1v) is 6.25. The Bertz CT molecular complexity index is 434. The Hall–Kier alpha value is -1.33. The first-order chi connectivity index (χ1) is 8.66. The third-order valence-corrected chi connectivity index (χ3v) is 3.32. The fourth-order valence-corrected chi connectivity index (χ4v) is 2.14. The lowest BCUT2D eigenvalue weighted by Crippen LogP contribution is -2.30. The molecule has 1 aromatic carbocycles. The highest BCUT2D eigenvalue weighted by Crippen LogP contribution is 2.24. The highest BCUT2D eigenvalue weighted by molar-refractivity contribution is 5.85. The van der Waals surface area contributed by atoms with Crippen LogP contribution in [0.15, 0.2) is 18.2 Å². The van der Waals surface area contributed by atoms with E-state index >= 15 is 0 Å². The molecule has 0 aliphatic carbocycles. The molecule has 0 amide bonds. The molecule has 0 spiro atoms. The van der Waals surface area contributed by atoms with Crippen molar-refractivity contribution in [1.29, 1.82) is 0 Å². The molecule has 1 aliphatic rings. The van der Waals surface area contributed by atoms with Gasteiger partial charge in [-0.3, -0.25) is 10.1 Å². The molecule has 106 valence electrons. The maximum absolute atomic E-state index is 10.8. The van der Waals surface area contributed by atoms with Gasteiger partial charge in [0.1, 0.15) is 5.75 Å². The van der Waals surface area contributed by atoms with Crippen molar-refractivity contribution in [2.24, 2.45) is 5.92 Å². The fourth-order valence-electron chi connectivity index (χ4n) is 2.14. The number of benzene rings is 1. The SMILES string of the molecule is Cc1ccc(OCC2CCNCC2)cc1[N+](=O)[O-].Cl. The van der Waals surface area contributed by atoms with Crippen molar-refractivity contribution >= 4 is 18.1 Å². The van der Waals surface area contributed by atoms with Gasteiger partial charge >= 0.3 is 0 Å². The molecule has 1 aromatic rings. The minimum atomic E-state index is -0.368. The van der Waals surface area contributed by atoms with Crippen LogP contribution >= 0.6 is 12.4 Å². The van der Waals surface area contributed by atoms with Crippen molar-refractivity contribution in [3.8, 4) is 5.75 Å². The summed E-state index contributed by atoms with van der Waals surface area (Å²) in [6.45, 7) is 4.43. The molecule has 5 nitrogen and oxygen atoms in total. The second-order valence-electron chi connectivity index (χ2n) is 4.71. The minimum absolute atomic E-state index is 0. The van der Waals surface area contributed by atoms with Crippen molar-refractivity contribution in [3.63, 3.8) is 0 Å². The van der Waals surface area contributed by atoms with Gasteiger partial charge in [-0.05, 0) is 50.9 Å². The summed E-state index contributed by atoms with van der Waals surface area (Å²) in [5, 5.41) is 14.1. The number of nitro groups is 1. The van der Waals surface area contributed by atoms with Crippen LogP contribution in [-0.4, -0.2) is 24.6 Å². The van der Waals surface area contributed by atoms with E-state index in [-0.39, 0.29) is 23.0 Å². The van der Waals surface area contributed by atoms with Crippen LogP contribution in [0, 0.1) is 23.0 Å². The van der Waals surface area contributed by atoms with Crippen LogP contribution in [0.4, 0.5) is 5.69 Å². The third kappa shape index (κ3) is 4.36. The summed E-state index contributed by atoms with van der Waals surface area (Å²) in [6.07, 6.45) is 2.21. The number of piperidine rings is 1. The van der Waals surface area contributed by atoms with E-state index in [0.717, 1.165) is 25.9 Å². The van der Waals surface area contributed by atoms with E-state index in [1.54, 1.807) is 19.1 Å². The van der Waals surface area contributed by atoms with Crippen LogP contribution in [0.1, 0.15) is 18.4 Å². The number of nitrogens with one attached hydrogen (secondary N) is 1. The van der Waals surface area contributed by atoms with Crippen molar-refractivity contribution in [1.82, 2.24) is 5.32 Å². The Morgan fingerprint density at radius 2 is 2.11 bits per heavy atom. The van der Waals surface area contributed by atoms with E-state index in [9.17, 15) is 10.1 Å². The number of hydrogen-bond donors (Lipinski definition) is 1. The average molecular weight is 287 g/mol. The zero-order chi connectivity index (χ0) is 13.0. The van der Waals surface area contributed by atoms with Crippen molar-refractivity contribution in [3.05, 3.63) is 33.9 Å². The highest BCUT2D eigenvalue weighted by Gasteiger charge is 2.15. The Morgan fingerprint density at radius 1 is 1.42 bits per heavy atom. The number of ether oxygens (including phenoxy) is 1. The summed E-state index contributed by atoms with van der Waals surface area (Å²) in [5.41, 5.74) is 0.784. The van der Waals surface area contributed by atoms with Crippen LogP contribution in [0.25, 0.3) is 0 Å². The van der Waals surface area contributed by atoms with Gasteiger partial charge in [0.15, 0.2) is 0 Å². The molecule has 0 radical (unpaired) electrons. The predicted molar refractivity (Wildman–Crippen MR) is 76.2 cm³/mol. The molecule has 0 atom stereocenters.